The molecule has 1 amide bonds. The van der Waals surface area contributed by atoms with E-state index in [0.29, 0.717) is 42.5 Å². The van der Waals surface area contributed by atoms with Crippen LogP contribution in [0.4, 0.5) is 0 Å². The minimum absolute atomic E-state index is 0.157. The highest BCUT2D eigenvalue weighted by Crippen LogP contribution is 2.18. The predicted molar refractivity (Wildman–Crippen MR) is 94.9 cm³/mol. The average molecular weight is 369 g/mol. The van der Waals surface area contributed by atoms with Gasteiger partial charge >= 0.3 is 0 Å². The van der Waals surface area contributed by atoms with Crippen LogP contribution in [0.15, 0.2) is 40.9 Å². The Balaban J connectivity index is 1.55. The number of ether oxygens (including phenoxy) is 1. The van der Waals surface area contributed by atoms with Crippen LogP contribution in [-0.4, -0.2) is 44.5 Å². The van der Waals surface area contributed by atoms with Gasteiger partial charge in [0.1, 0.15) is 6.61 Å². The molecule has 0 aliphatic heterocycles. The molecule has 0 spiro atoms. The topological polar surface area (TPSA) is 123 Å². The van der Waals surface area contributed by atoms with E-state index in [4.69, 9.17) is 14.4 Å². The van der Waals surface area contributed by atoms with E-state index in [2.05, 4.69) is 25.7 Å². The number of aliphatic hydroxyl groups is 1. The van der Waals surface area contributed by atoms with E-state index < -0.39 is 0 Å². The highest BCUT2D eigenvalue weighted by molar-refractivity contribution is 5.94. The molecular formula is C18H19N5O4. The monoisotopic (exact) mass is 369 g/mol. The van der Waals surface area contributed by atoms with Gasteiger partial charge in [0.2, 0.25) is 5.88 Å². The van der Waals surface area contributed by atoms with Crippen molar-refractivity contribution in [2.45, 2.75) is 20.0 Å². The molecule has 2 aromatic heterocycles. The molecule has 3 rings (SSSR count). The van der Waals surface area contributed by atoms with Crippen molar-refractivity contribution in [2.24, 2.45) is 0 Å². The number of nitrogens with zero attached hydrogens (tertiary/aromatic N) is 4. The standard InChI is InChI=1S/C18H19N5O4/c1-2-26-16-8-7-14(21-22-16)12-3-5-13(6-4-12)18(25)19-10-9-15-20-17(11-24)27-23-15/h3-8,24H,2,9-11H2,1H3,(H,19,25). The van der Waals surface area contributed by atoms with Gasteiger partial charge in [-0.3, -0.25) is 4.79 Å². The molecule has 0 saturated carbocycles. The Labute approximate surface area is 155 Å². The van der Waals surface area contributed by atoms with E-state index in [1.54, 1.807) is 18.2 Å². The van der Waals surface area contributed by atoms with Gasteiger partial charge in [0.15, 0.2) is 5.82 Å². The summed E-state index contributed by atoms with van der Waals surface area (Å²) in [5, 5.41) is 23.5. The maximum atomic E-state index is 12.2. The van der Waals surface area contributed by atoms with E-state index in [-0.39, 0.29) is 18.4 Å². The maximum Gasteiger partial charge on any atom is 0.252 e. The van der Waals surface area contributed by atoms with Crippen LogP contribution in [0.3, 0.4) is 0 Å². The zero-order valence-electron chi connectivity index (χ0n) is 14.8. The van der Waals surface area contributed by atoms with Crippen molar-refractivity contribution < 1.29 is 19.2 Å². The number of rotatable bonds is 8. The highest BCUT2D eigenvalue weighted by Gasteiger charge is 2.09. The molecular weight excluding hydrogens is 350 g/mol. The number of aliphatic hydroxyl groups excluding tert-OH is 1. The molecule has 0 bridgehead atoms. The zero-order valence-corrected chi connectivity index (χ0v) is 14.8. The van der Waals surface area contributed by atoms with Crippen molar-refractivity contribution in [3.8, 4) is 17.1 Å². The summed E-state index contributed by atoms with van der Waals surface area (Å²) in [4.78, 5) is 16.2. The minimum atomic E-state index is -0.301. The van der Waals surface area contributed by atoms with Gasteiger partial charge in [-0.15, -0.1) is 10.2 Å². The summed E-state index contributed by atoms with van der Waals surface area (Å²) in [5.74, 6) is 0.864. The number of benzene rings is 1. The Kier molecular flexibility index (Phi) is 6.06. The Morgan fingerprint density at radius 3 is 2.63 bits per heavy atom. The quantitative estimate of drug-likeness (QED) is 0.610. The molecule has 9 heteroatoms. The summed E-state index contributed by atoms with van der Waals surface area (Å²) >= 11 is 0. The Morgan fingerprint density at radius 1 is 1.19 bits per heavy atom. The maximum absolute atomic E-state index is 12.2. The van der Waals surface area contributed by atoms with Crippen LogP contribution >= 0.6 is 0 Å². The Hall–Kier alpha value is -3.33. The second-order valence-corrected chi connectivity index (χ2v) is 5.54. The predicted octanol–water partition coefficient (Wildman–Crippen LogP) is 1.39. The van der Waals surface area contributed by atoms with Crippen LogP contribution in [0.2, 0.25) is 0 Å². The summed E-state index contributed by atoms with van der Waals surface area (Å²) in [5.41, 5.74) is 2.08. The molecule has 0 atom stereocenters. The first-order chi connectivity index (χ1) is 13.2. The summed E-state index contributed by atoms with van der Waals surface area (Å²) in [6.45, 7) is 2.47. The first-order valence-corrected chi connectivity index (χ1v) is 8.47. The first kappa shape index (κ1) is 18.5. The fourth-order valence-corrected chi connectivity index (χ4v) is 2.34. The Bertz CT molecular complexity index is 878. The molecule has 3 aromatic rings. The third kappa shape index (κ3) is 4.85. The number of aromatic nitrogens is 4. The molecule has 0 radical (unpaired) electrons. The molecule has 140 valence electrons. The van der Waals surface area contributed by atoms with Gasteiger partial charge in [-0.1, -0.05) is 17.3 Å². The van der Waals surface area contributed by atoms with Crippen LogP contribution < -0.4 is 10.1 Å². The Morgan fingerprint density at radius 2 is 2.00 bits per heavy atom. The lowest BCUT2D eigenvalue weighted by Gasteiger charge is -2.06. The van der Waals surface area contributed by atoms with Crippen LogP contribution in [0.1, 0.15) is 29.0 Å². The smallest absolute Gasteiger partial charge is 0.252 e. The highest BCUT2D eigenvalue weighted by atomic mass is 16.5. The molecule has 1 aromatic carbocycles. The van der Waals surface area contributed by atoms with Crippen molar-refractivity contribution in [1.29, 1.82) is 0 Å². The zero-order chi connectivity index (χ0) is 19.1. The summed E-state index contributed by atoms with van der Waals surface area (Å²) < 4.78 is 10.1. The van der Waals surface area contributed by atoms with E-state index in [1.807, 2.05) is 25.1 Å². The summed E-state index contributed by atoms with van der Waals surface area (Å²) in [6.07, 6.45) is 0.412. The minimum Gasteiger partial charge on any atom is -0.477 e. The van der Waals surface area contributed by atoms with Gasteiger partial charge in [0, 0.05) is 30.2 Å². The van der Waals surface area contributed by atoms with E-state index in [1.165, 1.54) is 0 Å². The molecule has 0 aliphatic rings. The van der Waals surface area contributed by atoms with Crippen molar-refractivity contribution in [3.63, 3.8) is 0 Å². The van der Waals surface area contributed by atoms with Gasteiger partial charge in [-0.2, -0.15) is 4.98 Å². The SMILES string of the molecule is CCOc1ccc(-c2ccc(C(=O)NCCc3noc(CO)n3)cc2)nn1. The fraction of sp³-hybridized carbons (Fsp3) is 0.278. The van der Waals surface area contributed by atoms with Gasteiger partial charge in [0.05, 0.1) is 12.3 Å². The lowest BCUT2D eigenvalue weighted by molar-refractivity contribution is 0.0954. The molecule has 27 heavy (non-hydrogen) atoms. The van der Waals surface area contributed by atoms with Gasteiger partial charge in [-0.25, -0.2) is 0 Å². The van der Waals surface area contributed by atoms with Crippen molar-refractivity contribution in [1.82, 2.24) is 25.7 Å². The number of carbonyl (C=O) groups excluding carboxylic acids is 1. The molecule has 0 unspecified atom stereocenters. The molecule has 0 fully saturated rings. The van der Waals surface area contributed by atoms with Gasteiger partial charge < -0.3 is 19.7 Å². The van der Waals surface area contributed by atoms with Gasteiger partial charge in [-0.05, 0) is 25.1 Å². The molecule has 9 nitrogen and oxygen atoms in total. The van der Waals surface area contributed by atoms with Crippen LogP contribution in [0.25, 0.3) is 11.3 Å². The first-order valence-electron chi connectivity index (χ1n) is 8.47. The number of carbonyl (C=O) groups is 1. The van der Waals surface area contributed by atoms with E-state index >= 15 is 0 Å². The van der Waals surface area contributed by atoms with Crippen LogP contribution in [-0.2, 0) is 13.0 Å². The van der Waals surface area contributed by atoms with Crippen LogP contribution in [0.5, 0.6) is 5.88 Å². The molecule has 2 heterocycles. The van der Waals surface area contributed by atoms with E-state index in [0.717, 1.165) is 5.56 Å². The second-order valence-electron chi connectivity index (χ2n) is 5.54. The summed E-state index contributed by atoms with van der Waals surface area (Å²) in [6, 6.07) is 10.6. The normalized spacial score (nSPS) is 10.6. The van der Waals surface area contributed by atoms with Crippen molar-refractivity contribution >= 4 is 5.91 Å². The van der Waals surface area contributed by atoms with Crippen LogP contribution in [0, 0.1) is 0 Å². The lowest BCUT2D eigenvalue weighted by Crippen LogP contribution is -2.25. The molecule has 0 saturated heterocycles. The third-order valence-corrected chi connectivity index (χ3v) is 3.65. The number of hydrogen-bond donors (Lipinski definition) is 2. The van der Waals surface area contributed by atoms with Crippen molar-refractivity contribution in [2.75, 3.05) is 13.2 Å². The number of hydrogen-bond acceptors (Lipinski definition) is 8. The van der Waals surface area contributed by atoms with Crippen molar-refractivity contribution in [3.05, 3.63) is 53.7 Å². The summed E-state index contributed by atoms with van der Waals surface area (Å²) in [7, 11) is 0. The molecule has 0 aliphatic carbocycles. The molecule has 2 N–H and O–H groups in total. The third-order valence-electron chi connectivity index (χ3n) is 3.65. The number of amides is 1. The second kappa shape index (κ2) is 8.86. The lowest BCUT2D eigenvalue weighted by atomic mass is 10.1. The van der Waals surface area contributed by atoms with Gasteiger partial charge in [0.25, 0.3) is 11.8 Å². The van der Waals surface area contributed by atoms with E-state index in [9.17, 15) is 4.79 Å². The largest absolute Gasteiger partial charge is 0.477 e. The average Bonchev–Trinajstić information content (AvgIpc) is 3.17. The fourth-order valence-electron chi connectivity index (χ4n) is 2.34. The number of nitrogens with one attached hydrogen (secondary N) is 1.